The number of nitrogens with one attached hydrogen (secondary N) is 1. The van der Waals surface area contributed by atoms with Crippen molar-refractivity contribution in [2.75, 3.05) is 11.1 Å². The summed E-state index contributed by atoms with van der Waals surface area (Å²) >= 11 is 0. The summed E-state index contributed by atoms with van der Waals surface area (Å²) in [7, 11) is 0. The number of nitrogens with two attached hydrogens (primary N) is 1. The van der Waals surface area contributed by atoms with Crippen molar-refractivity contribution in [2.24, 2.45) is 5.41 Å². The third-order valence-electron chi connectivity index (χ3n) is 3.81. The molecule has 0 bridgehead atoms. The van der Waals surface area contributed by atoms with Gasteiger partial charge in [-0.3, -0.25) is 0 Å². The summed E-state index contributed by atoms with van der Waals surface area (Å²) in [5, 5.41) is 3.15. The molecule has 1 heterocycles. The van der Waals surface area contributed by atoms with E-state index < -0.39 is 11.9 Å². The van der Waals surface area contributed by atoms with Crippen LogP contribution in [0.25, 0.3) is 0 Å². The number of anilines is 2. The summed E-state index contributed by atoms with van der Waals surface area (Å²) in [4.78, 5) is 3.33. The van der Waals surface area contributed by atoms with Crippen LogP contribution in [0.15, 0.2) is 12.3 Å². The molecule has 1 aliphatic rings. The van der Waals surface area contributed by atoms with Crippen LogP contribution >= 0.6 is 0 Å². The lowest BCUT2D eigenvalue weighted by atomic mass is 9.87. The molecule has 1 aliphatic carbocycles. The molecule has 0 radical (unpaired) electrons. The Kier molecular flexibility index (Phi) is 3.36. The van der Waals surface area contributed by atoms with Crippen molar-refractivity contribution in [1.82, 2.24) is 4.98 Å². The number of halogens is 3. The first-order valence-electron chi connectivity index (χ1n) is 6.29. The van der Waals surface area contributed by atoms with Gasteiger partial charge < -0.3 is 11.1 Å². The number of rotatable bonds is 2. The average Bonchev–Trinajstić information content (AvgIpc) is 2.60. The highest BCUT2D eigenvalue weighted by Crippen LogP contribution is 2.40. The molecule has 0 aromatic carbocycles. The van der Waals surface area contributed by atoms with Crippen molar-refractivity contribution in [3.63, 3.8) is 0 Å². The fraction of sp³-hybridized carbons (Fsp3) is 0.615. The van der Waals surface area contributed by atoms with E-state index in [0.717, 1.165) is 31.5 Å². The third kappa shape index (κ3) is 2.93. The number of alkyl halides is 3. The normalized spacial score (nSPS) is 22.5. The Balaban J connectivity index is 2.25. The molecule has 0 aliphatic heterocycles. The Morgan fingerprint density at radius 3 is 2.63 bits per heavy atom. The maximum atomic E-state index is 12.6. The molecular formula is C13H18F3N3. The van der Waals surface area contributed by atoms with Crippen LogP contribution in [0.1, 0.15) is 38.8 Å². The number of nitrogens with zero attached hydrogens (tertiary/aromatic N) is 1. The Bertz CT molecular complexity index is 469. The number of aromatic nitrogens is 1. The Morgan fingerprint density at radius 1 is 1.42 bits per heavy atom. The molecule has 0 amide bonds. The molecule has 3 N–H and O–H groups in total. The van der Waals surface area contributed by atoms with Gasteiger partial charge in [-0.05, 0) is 24.3 Å². The summed E-state index contributed by atoms with van der Waals surface area (Å²) in [6.07, 6.45) is -0.317. The number of hydrogen-bond acceptors (Lipinski definition) is 3. The molecule has 1 aromatic rings. The molecule has 1 fully saturated rings. The fourth-order valence-electron chi connectivity index (χ4n) is 2.53. The minimum Gasteiger partial charge on any atom is -0.396 e. The van der Waals surface area contributed by atoms with Crippen molar-refractivity contribution in [1.29, 1.82) is 0 Å². The Hall–Kier alpha value is -1.46. The maximum Gasteiger partial charge on any atom is 0.433 e. The SMILES string of the molecule is CC1(C)CCCC1Nc1cc(C(F)(F)F)ncc1N. The van der Waals surface area contributed by atoms with Crippen LogP contribution in [0.4, 0.5) is 24.5 Å². The van der Waals surface area contributed by atoms with Gasteiger partial charge in [0.2, 0.25) is 0 Å². The van der Waals surface area contributed by atoms with Gasteiger partial charge in [0.1, 0.15) is 5.69 Å². The second-order valence-corrected chi connectivity index (χ2v) is 5.73. The lowest BCUT2D eigenvalue weighted by molar-refractivity contribution is -0.141. The molecule has 3 nitrogen and oxygen atoms in total. The van der Waals surface area contributed by atoms with Gasteiger partial charge in [-0.25, -0.2) is 4.98 Å². The minimum atomic E-state index is -4.45. The summed E-state index contributed by atoms with van der Waals surface area (Å²) in [5.74, 6) is 0. The Labute approximate surface area is 110 Å². The van der Waals surface area contributed by atoms with Gasteiger partial charge in [0, 0.05) is 6.04 Å². The lowest BCUT2D eigenvalue weighted by Gasteiger charge is -2.29. The molecule has 106 valence electrons. The van der Waals surface area contributed by atoms with E-state index in [2.05, 4.69) is 24.1 Å². The van der Waals surface area contributed by atoms with Crippen molar-refractivity contribution in [3.05, 3.63) is 18.0 Å². The van der Waals surface area contributed by atoms with E-state index in [1.807, 2.05) is 0 Å². The zero-order valence-corrected chi connectivity index (χ0v) is 11.0. The molecule has 19 heavy (non-hydrogen) atoms. The van der Waals surface area contributed by atoms with Crippen LogP contribution in [-0.4, -0.2) is 11.0 Å². The van der Waals surface area contributed by atoms with Crippen LogP contribution in [0.3, 0.4) is 0 Å². The van der Waals surface area contributed by atoms with E-state index >= 15 is 0 Å². The first-order valence-corrected chi connectivity index (χ1v) is 6.29. The molecule has 1 atom stereocenters. The monoisotopic (exact) mass is 273 g/mol. The van der Waals surface area contributed by atoms with Crippen LogP contribution in [0.2, 0.25) is 0 Å². The second-order valence-electron chi connectivity index (χ2n) is 5.73. The molecule has 0 spiro atoms. The fourth-order valence-corrected chi connectivity index (χ4v) is 2.53. The van der Waals surface area contributed by atoms with Crippen LogP contribution in [0.5, 0.6) is 0 Å². The van der Waals surface area contributed by atoms with Crippen LogP contribution in [0, 0.1) is 5.41 Å². The summed E-state index contributed by atoms with van der Waals surface area (Å²) in [6.45, 7) is 4.22. The third-order valence-corrected chi connectivity index (χ3v) is 3.81. The first kappa shape index (κ1) is 14.0. The molecule has 1 saturated carbocycles. The summed E-state index contributed by atoms with van der Waals surface area (Å²) < 4.78 is 37.9. The van der Waals surface area contributed by atoms with Crippen LogP contribution in [-0.2, 0) is 6.18 Å². The topological polar surface area (TPSA) is 50.9 Å². The van der Waals surface area contributed by atoms with Gasteiger partial charge in [-0.2, -0.15) is 13.2 Å². The smallest absolute Gasteiger partial charge is 0.396 e. The number of hydrogen-bond donors (Lipinski definition) is 2. The number of nitrogen functional groups attached to an aromatic ring is 1. The minimum absolute atomic E-state index is 0.0636. The summed E-state index contributed by atoms with van der Waals surface area (Å²) in [6, 6.07) is 1.13. The van der Waals surface area contributed by atoms with Gasteiger partial charge >= 0.3 is 6.18 Å². The van der Waals surface area contributed by atoms with E-state index in [1.165, 1.54) is 0 Å². The second kappa shape index (κ2) is 4.58. The molecule has 0 saturated heterocycles. The van der Waals surface area contributed by atoms with Gasteiger partial charge in [-0.1, -0.05) is 20.3 Å². The van der Waals surface area contributed by atoms with E-state index in [4.69, 9.17) is 5.73 Å². The zero-order chi connectivity index (χ0) is 14.3. The molecular weight excluding hydrogens is 255 g/mol. The number of pyridine rings is 1. The van der Waals surface area contributed by atoms with Crippen molar-refractivity contribution in [2.45, 2.75) is 45.3 Å². The van der Waals surface area contributed by atoms with Crippen LogP contribution < -0.4 is 11.1 Å². The Morgan fingerprint density at radius 2 is 2.11 bits per heavy atom. The largest absolute Gasteiger partial charge is 0.433 e. The van der Waals surface area contributed by atoms with E-state index in [0.29, 0.717) is 5.69 Å². The molecule has 1 aromatic heterocycles. The zero-order valence-electron chi connectivity index (χ0n) is 11.0. The standard InChI is InChI=1S/C13H18F3N3/c1-12(2)5-3-4-10(12)19-9-6-11(13(14,15)16)18-7-8(9)17/h6-7,10H,3-5,17H2,1-2H3,(H,18,19). The highest BCUT2D eigenvalue weighted by Gasteiger charge is 2.36. The van der Waals surface area contributed by atoms with Crippen molar-refractivity contribution < 1.29 is 13.2 Å². The van der Waals surface area contributed by atoms with Gasteiger partial charge in [0.05, 0.1) is 17.6 Å². The van der Waals surface area contributed by atoms with Gasteiger partial charge in [-0.15, -0.1) is 0 Å². The van der Waals surface area contributed by atoms with Gasteiger partial charge in [0.25, 0.3) is 0 Å². The van der Waals surface area contributed by atoms with Crippen molar-refractivity contribution in [3.8, 4) is 0 Å². The quantitative estimate of drug-likeness (QED) is 0.864. The predicted molar refractivity (Wildman–Crippen MR) is 68.7 cm³/mol. The van der Waals surface area contributed by atoms with E-state index in [-0.39, 0.29) is 17.1 Å². The predicted octanol–water partition coefficient (Wildman–Crippen LogP) is 3.67. The first-order chi connectivity index (χ1) is 8.70. The maximum absolute atomic E-state index is 12.6. The average molecular weight is 273 g/mol. The summed E-state index contributed by atoms with van der Waals surface area (Å²) in [5.41, 5.74) is 5.42. The molecule has 2 rings (SSSR count). The highest BCUT2D eigenvalue weighted by molar-refractivity contribution is 5.66. The van der Waals surface area contributed by atoms with Gasteiger partial charge in [0.15, 0.2) is 0 Å². The lowest BCUT2D eigenvalue weighted by Crippen LogP contribution is -2.31. The van der Waals surface area contributed by atoms with Crippen molar-refractivity contribution >= 4 is 11.4 Å². The van der Waals surface area contributed by atoms with E-state index in [9.17, 15) is 13.2 Å². The highest BCUT2D eigenvalue weighted by atomic mass is 19.4. The van der Waals surface area contributed by atoms with E-state index in [1.54, 1.807) is 0 Å². The molecule has 1 unspecified atom stereocenters. The molecule has 6 heteroatoms.